The van der Waals surface area contributed by atoms with E-state index < -0.39 is 41.5 Å². The molecule has 0 atom stereocenters. The van der Waals surface area contributed by atoms with Gasteiger partial charge in [-0.15, -0.1) is 0 Å². The second kappa shape index (κ2) is 8.15. The molecule has 0 aliphatic rings. The summed E-state index contributed by atoms with van der Waals surface area (Å²) in [5, 5.41) is 17.8. The molecule has 140 valence electrons. The van der Waals surface area contributed by atoms with Crippen LogP contribution in [0.2, 0.25) is 0 Å². The van der Waals surface area contributed by atoms with Crippen LogP contribution in [0.3, 0.4) is 0 Å². The molecule has 0 aliphatic heterocycles. The monoisotopic (exact) mass is 372 g/mol. The van der Waals surface area contributed by atoms with Gasteiger partial charge in [-0.3, -0.25) is 14.9 Å². The number of hydrogen-bond acceptors (Lipinski definition) is 4. The van der Waals surface area contributed by atoms with Gasteiger partial charge in [0, 0.05) is 18.7 Å². The number of phenolic OH excluding ortho intramolecular Hbond substituents is 1. The van der Waals surface area contributed by atoms with E-state index in [0.717, 1.165) is 24.3 Å². The molecule has 1 amide bonds. The van der Waals surface area contributed by atoms with Gasteiger partial charge in [0.05, 0.1) is 6.54 Å². The van der Waals surface area contributed by atoms with Gasteiger partial charge < -0.3 is 5.11 Å². The minimum Gasteiger partial charge on any atom is -0.503 e. The van der Waals surface area contributed by atoms with Crippen molar-refractivity contribution in [3.63, 3.8) is 0 Å². The number of nitrogens with zero attached hydrogens (tertiary/aromatic N) is 1. The first-order chi connectivity index (χ1) is 12.2. The Bertz CT molecular complexity index is 724. The Labute approximate surface area is 146 Å². The van der Waals surface area contributed by atoms with Gasteiger partial charge in [0.25, 0.3) is 5.91 Å². The maximum absolute atomic E-state index is 13.7. The van der Waals surface area contributed by atoms with Crippen LogP contribution < -0.4 is 5.48 Å². The molecule has 0 aliphatic carbocycles. The Kier molecular flexibility index (Phi) is 6.17. The van der Waals surface area contributed by atoms with Crippen molar-refractivity contribution < 1.29 is 32.7 Å². The summed E-state index contributed by atoms with van der Waals surface area (Å²) >= 11 is 0. The number of benzene rings is 2. The van der Waals surface area contributed by atoms with Gasteiger partial charge in [-0.1, -0.05) is 0 Å². The molecule has 2 rings (SSSR count). The van der Waals surface area contributed by atoms with Crippen LogP contribution in [0.25, 0.3) is 0 Å². The molecule has 2 aromatic carbocycles. The number of carbonyl (C=O) groups is 1. The lowest BCUT2D eigenvalue weighted by atomic mass is 10.1. The highest BCUT2D eigenvalue weighted by Gasteiger charge is 2.17. The largest absolute Gasteiger partial charge is 0.503 e. The molecule has 2 aromatic rings. The molecule has 0 saturated carbocycles. The highest BCUT2D eigenvalue weighted by Crippen LogP contribution is 2.23. The van der Waals surface area contributed by atoms with Crippen molar-refractivity contribution >= 4 is 5.91 Å². The molecular weight excluding hydrogens is 356 g/mol. The summed E-state index contributed by atoms with van der Waals surface area (Å²) in [5.41, 5.74) is 1.53. The topological polar surface area (TPSA) is 72.8 Å². The van der Waals surface area contributed by atoms with E-state index in [1.165, 1.54) is 17.3 Å². The molecule has 0 fully saturated rings. The lowest BCUT2D eigenvalue weighted by Crippen LogP contribution is -2.35. The van der Waals surface area contributed by atoms with E-state index >= 15 is 0 Å². The van der Waals surface area contributed by atoms with Crippen molar-refractivity contribution in [2.45, 2.75) is 20.0 Å². The fraction of sp³-hybridized carbons (Fsp3) is 0.235. The molecule has 3 N–H and O–H groups in total. The summed E-state index contributed by atoms with van der Waals surface area (Å²) in [4.78, 5) is 12.7. The van der Waals surface area contributed by atoms with Crippen LogP contribution in [0.4, 0.5) is 17.6 Å². The summed E-state index contributed by atoms with van der Waals surface area (Å²) in [7, 11) is 0. The molecule has 0 heterocycles. The lowest BCUT2D eigenvalue weighted by Gasteiger charge is -2.22. The van der Waals surface area contributed by atoms with E-state index in [1.807, 2.05) is 0 Å². The van der Waals surface area contributed by atoms with E-state index in [2.05, 4.69) is 0 Å². The molecule has 0 saturated heterocycles. The molecule has 5 nitrogen and oxygen atoms in total. The Hall–Kier alpha value is -2.65. The van der Waals surface area contributed by atoms with Gasteiger partial charge in [0.1, 0.15) is 11.6 Å². The number of halogens is 4. The minimum atomic E-state index is -1.18. The molecule has 0 bridgehead atoms. The molecular formula is C17H16F4N2O3. The standard InChI is InChI=1S/C17H16F4N2O3/c1-9-12(18)2-10(3-13(9)19)6-23(8-16(24)22-26)7-11-4-14(20)17(25)15(21)5-11/h2-5,25-26H,6-8H2,1H3,(H,22,24). The Balaban J connectivity index is 2.27. The first kappa shape index (κ1) is 19.7. The number of rotatable bonds is 6. The summed E-state index contributed by atoms with van der Waals surface area (Å²) < 4.78 is 54.3. The fourth-order valence-corrected chi connectivity index (χ4v) is 2.42. The van der Waals surface area contributed by atoms with Crippen LogP contribution in [0.15, 0.2) is 24.3 Å². The minimum absolute atomic E-state index is 0.0802. The predicted molar refractivity (Wildman–Crippen MR) is 83.2 cm³/mol. The Morgan fingerprint density at radius 2 is 1.38 bits per heavy atom. The van der Waals surface area contributed by atoms with E-state index in [1.54, 1.807) is 0 Å². The maximum Gasteiger partial charge on any atom is 0.257 e. The van der Waals surface area contributed by atoms with Crippen LogP contribution in [-0.4, -0.2) is 27.7 Å². The first-order valence-corrected chi connectivity index (χ1v) is 7.48. The molecule has 0 radical (unpaired) electrons. The van der Waals surface area contributed by atoms with Crippen LogP contribution >= 0.6 is 0 Å². The predicted octanol–water partition coefficient (Wildman–Crippen LogP) is 2.76. The second-order valence-electron chi connectivity index (χ2n) is 5.77. The van der Waals surface area contributed by atoms with Crippen molar-refractivity contribution in [2.75, 3.05) is 6.54 Å². The highest BCUT2D eigenvalue weighted by atomic mass is 19.1. The number of aromatic hydroxyl groups is 1. The van der Waals surface area contributed by atoms with Crippen LogP contribution in [0.5, 0.6) is 5.75 Å². The zero-order chi connectivity index (χ0) is 19.4. The van der Waals surface area contributed by atoms with Gasteiger partial charge in [0.15, 0.2) is 17.4 Å². The number of amides is 1. The van der Waals surface area contributed by atoms with Gasteiger partial charge in [-0.05, 0) is 42.3 Å². The van der Waals surface area contributed by atoms with Crippen molar-refractivity contribution in [2.24, 2.45) is 0 Å². The average molecular weight is 372 g/mol. The van der Waals surface area contributed by atoms with Gasteiger partial charge in [-0.25, -0.2) is 23.0 Å². The number of hydroxylamine groups is 1. The van der Waals surface area contributed by atoms with Crippen LogP contribution in [0.1, 0.15) is 16.7 Å². The van der Waals surface area contributed by atoms with Gasteiger partial charge in [-0.2, -0.15) is 0 Å². The maximum atomic E-state index is 13.7. The summed E-state index contributed by atoms with van der Waals surface area (Å²) in [6.07, 6.45) is 0. The average Bonchev–Trinajstić information content (AvgIpc) is 2.57. The number of nitrogens with one attached hydrogen (secondary N) is 1. The highest BCUT2D eigenvalue weighted by molar-refractivity contribution is 5.76. The number of carbonyl (C=O) groups excluding carboxylic acids is 1. The van der Waals surface area contributed by atoms with E-state index in [-0.39, 0.29) is 29.8 Å². The van der Waals surface area contributed by atoms with Gasteiger partial charge in [0.2, 0.25) is 0 Å². The first-order valence-electron chi connectivity index (χ1n) is 7.48. The van der Waals surface area contributed by atoms with Crippen molar-refractivity contribution in [3.8, 4) is 5.75 Å². The third-order valence-electron chi connectivity index (χ3n) is 3.72. The van der Waals surface area contributed by atoms with Crippen molar-refractivity contribution in [1.29, 1.82) is 0 Å². The van der Waals surface area contributed by atoms with Crippen LogP contribution in [0, 0.1) is 30.2 Å². The summed E-state index contributed by atoms with van der Waals surface area (Å²) in [6, 6.07) is 3.91. The van der Waals surface area contributed by atoms with E-state index in [4.69, 9.17) is 10.3 Å². The quantitative estimate of drug-likeness (QED) is 0.414. The molecule has 26 heavy (non-hydrogen) atoms. The van der Waals surface area contributed by atoms with E-state index in [9.17, 15) is 22.4 Å². The number of phenols is 1. The van der Waals surface area contributed by atoms with Crippen molar-refractivity contribution in [3.05, 3.63) is 64.2 Å². The lowest BCUT2D eigenvalue weighted by molar-refractivity contribution is -0.130. The fourth-order valence-electron chi connectivity index (χ4n) is 2.42. The second-order valence-corrected chi connectivity index (χ2v) is 5.77. The number of hydrogen-bond donors (Lipinski definition) is 3. The third kappa shape index (κ3) is 4.70. The molecule has 0 aromatic heterocycles. The Morgan fingerprint density at radius 3 is 1.81 bits per heavy atom. The van der Waals surface area contributed by atoms with Gasteiger partial charge >= 0.3 is 0 Å². The molecule has 0 spiro atoms. The SMILES string of the molecule is Cc1c(F)cc(CN(CC(=O)NO)Cc2cc(F)c(O)c(F)c2)cc1F. The zero-order valence-corrected chi connectivity index (χ0v) is 13.7. The van der Waals surface area contributed by atoms with Crippen LogP contribution in [-0.2, 0) is 17.9 Å². The Morgan fingerprint density at radius 1 is 0.962 bits per heavy atom. The van der Waals surface area contributed by atoms with Crippen molar-refractivity contribution in [1.82, 2.24) is 10.4 Å². The zero-order valence-electron chi connectivity index (χ0n) is 13.7. The molecule has 0 unspecified atom stereocenters. The van der Waals surface area contributed by atoms with E-state index in [0.29, 0.717) is 0 Å². The summed E-state index contributed by atoms with van der Waals surface area (Å²) in [6.45, 7) is 0.551. The third-order valence-corrected chi connectivity index (χ3v) is 3.72. The summed E-state index contributed by atoms with van der Waals surface area (Å²) in [5.74, 6) is -5.85. The normalized spacial score (nSPS) is 11.0. The molecule has 9 heteroatoms. The smallest absolute Gasteiger partial charge is 0.257 e.